The SMILES string of the molecule is CCCOc1ccc(/C=C/C(=O)Nc2nc(-c3ccc(OC)cc3)cs2)cc1OC. The van der Waals surface area contributed by atoms with Crippen molar-refractivity contribution in [3.63, 3.8) is 0 Å². The summed E-state index contributed by atoms with van der Waals surface area (Å²) in [7, 11) is 3.22. The minimum Gasteiger partial charge on any atom is -0.497 e. The van der Waals surface area contributed by atoms with Gasteiger partial charge in [-0.1, -0.05) is 13.0 Å². The molecule has 3 rings (SSSR count). The minimum absolute atomic E-state index is 0.254. The van der Waals surface area contributed by atoms with Crippen LogP contribution in [0.2, 0.25) is 0 Å². The van der Waals surface area contributed by atoms with Crippen molar-refractivity contribution in [2.45, 2.75) is 13.3 Å². The molecule has 0 spiro atoms. The fraction of sp³-hybridized carbons (Fsp3) is 0.217. The maximum Gasteiger partial charge on any atom is 0.250 e. The smallest absolute Gasteiger partial charge is 0.250 e. The van der Waals surface area contributed by atoms with Crippen LogP contribution in [0.3, 0.4) is 0 Å². The van der Waals surface area contributed by atoms with Gasteiger partial charge < -0.3 is 14.2 Å². The van der Waals surface area contributed by atoms with Gasteiger partial charge in [-0.15, -0.1) is 11.3 Å². The van der Waals surface area contributed by atoms with Gasteiger partial charge in [0, 0.05) is 17.0 Å². The van der Waals surface area contributed by atoms with E-state index in [-0.39, 0.29) is 5.91 Å². The lowest BCUT2D eigenvalue weighted by Gasteiger charge is -2.10. The van der Waals surface area contributed by atoms with E-state index in [1.807, 2.05) is 54.8 Å². The summed E-state index contributed by atoms with van der Waals surface area (Å²) in [5.41, 5.74) is 2.60. The zero-order chi connectivity index (χ0) is 21.3. The van der Waals surface area contributed by atoms with Gasteiger partial charge in [0.05, 0.1) is 26.5 Å². The van der Waals surface area contributed by atoms with Crippen LogP contribution in [0.4, 0.5) is 5.13 Å². The van der Waals surface area contributed by atoms with E-state index >= 15 is 0 Å². The highest BCUT2D eigenvalue weighted by atomic mass is 32.1. The van der Waals surface area contributed by atoms with E-state index < -0.39 is 0 Å². The molecule has 0 aliphatic rings. The van der Waals surface area contributed by atoms with Crippen molar-refractivity contribution in [3.8, 4) is 28.5 Å². The number of thiazole rings is 1. The molecule has 156 valence electrons. The second-order valence-electron chi connectivity index (χ2n) is 6.35. The average Bonchev–Trinajstić information content (AvgIpc) is 3.24. The Morgan fingerprint density at radius 2 is 1.90 bits per heavy atom. The first-order valence-electron chi connectivity index (χ1n) is 9.52. The fourth-order valence-corrected chi connectivity index (χ4v) is 3.39. The number of nitrogens with zero attached hydrogens (tertiary/aromatic N) is 1. The van der Waals surface area contributed by atoms with Gasteiger partial charge in [-0.3, -0.25) is 10.1 Å². The van der Waals surface area contributed by atoms with Crippen LogP contribution in [-0.4, -0.2) is 31.7 Å². The molecule has 6 nitrogen and oxygen atoms in total. The molecular formula is C23H24N2O4S. The third-order valence-electron chi connectivity index (χ3n) is 4.20. The molecule has 30 heavy (non-hydrogen) atoms. The lowest BCUT2D eigenvalue weighted by molar-refractivity contribution is -0.111. The molecule has 0 bridgehead atoms. The molecule has 1 heterocycles. The summed E-state index contributed by atoms with van der Waals surface area (Å²) in [4.78, 5) is 16.7. The predicted octanol–water partition coefficient (Wildman–Crippen LogP) is 5.27. The number of carbonyl (C=O) groups is 1. The molecule has 0 saturated heterocycles. The van der Waals surface area contributed by atoms with Gasteiger partial charge in [-0.25, -0.2) is 4.98 Å². The Hall–Kier alpha value is -3.32. The van der Waals surface area contributed by atoms with Crippen LogP contribution in [0.25, 0.3) is 17.3 Å². The fourth-order valence-electron chi connectivity index (χ4n) is 2.66. The average molecular weight is 425 g/mol. The summed E-state index contributed by atoms with van der Waals surface area (Å²) >= 11 is 1.38. The standard InChI is InChI=1S/C23H24N2O4S/c1-4-13-29-20-11-5-16(14-21(20)28-3)6-12-22(26)25-23-24-19(15-30-23)17-7-9-18(27-2)10-8-17/h5-12,14-15H,4,13H2,1-3H3,(H,24,25,26)/b12-6+. The van der Waals surface area contributed by atoms with Crippen molar-refractivity contribution in [3.05, 3.63) is 59.5 Å². The monoisotopic (exact) mass is 424 g/mol. The molecule has 3 aromatic rings. The quantitative estimate of drug-likeness (QED) is 0.474. The molecule has 0 unspecified atom stereocenters. The van der Waals surface area contributed by atoms with Crippen molar-refractivity contribution < 1.29 is 19.0 Å². The molecular weight excluding hydrogens is 400 g/mol. The minimum atomic E-state index is -0.254. The third-order valence-corrected chi connectivity index (χ3v) is 4.95. The van der Waals surface area contributed by atoms with E-state index in [4.69, 9.17) is 14.2 Å². The Morgan fingerprint density at radius 1 is 1.10 bits per heavy atom. The first-order chi connectivity index (χ1) is 14.6. The van der Waals surface area contributed by atoms with E-state index in [1.165, 1.54) is 17.4 Å². The van der Waals surface area contributed by atoms with Crippen molar-refractivity contribution in [1.29, 1.82) is 0 Å². The van der Waals surface area contributed by atoms with Crippen LogP contribution < -0.4 is 19.5 Å². The van der Waals surface area contributed by atoms with Crippen molar-refractivity contribution in [2.24, 2.45) is 0 Å². The Bertz CT molecular complexity index is 1010. The summed E-state index contributed by atoms with van der Waals surface area (Å²) < 4.78 is 16.2. The number of anilines is 1. The van der Waals surface area contributed by atoms with Crippen LogP contribution in [-0.2, 0) is 4.79 Å². The van der Waals surface area contributed by atoms with Crippen molar-refractivity contribution in [1.82, 2.24) is 4.98 Å². The predicted molar refractivity (Wildman–Crippen MR) is 121 cm³/mol. The maximum absolute atomic E-state index is 12.3. The molecule has 1 aromatic heterocycles. The lowest BCUT2D eigenvalue weighted by atomic mass is 10.2. The number of ether oxygens (including phenoxy) is 3. The van der Waals surface area contributed by atoms with Gasteiger partial charge in [-0.05, 0) is 54.5 Å². The third kappa shape index (κ3) is 5.61. The van der Waals surface area contributed by atoms with Gasteiger partial charge in [0.25, 0.3) is 0 Å². The Balaban J connectivity index is 1.62. The molecule has 1 N–H and O–H groups in total. The topological polar surface area (TPSA) is 69.7 Å². The number of carbonyl (C=O) groups excluding carboxylic acids is 1. The van der Waals surface area contributed by atoms with Gasteiger partial charge in [0.15, 0.2) is 16.6 Å². The molecule has 0 fully saturated rings. The summed E-state index contributed by atoms with van der Waals surface area (Å²) in [5.74, 6) is 1.86. The van der Waals surface area contributed by atoms with E-state index in [0.717, 1.165) is 29.0 Å². The summed E-state index contributed by atoms with van der Waals surface area (Å²) in [6.45, 7) is 2.67. The van der Waals surface area contributed by atoms with Crippen molar-refractivity contribution in [2.75, 3.05) is 26.1 Å². The number of amides is 1. The van der Waals surface area contributed by atoms with Crippen LogP contribution in [0.1, 0.15) is 18.9 Å². The first-order valence-corrected chi connectivity index (χ1v) is 10.4. The highest BCUT2D eigenvalue weighted by Gasteiger charge is 2.08. The second-order valence-corrected chi connectivity index (χ2v) is 7.21. The van der Waals surface area contributed by atoms with Crippen LogP contribution >= 0.6 is 11.3 Å². The Morgan fingerprint density at radius 3 is 2.60 bits per heavy atom. The van der Waals surface area contributed by atoms with E-state index in [2.05, 4.69) is 10.3 Å². The summed E-state index contributed by atoms with van der Waals surface area (Å²) in [6.07, 6.45) is 4.11. The number of rotatable bonds is 9. The number of nitrogens with one attached hydrogen (secondary N) is 1. The molecule has 0 aliphatic carbocycles. The van der Waals surface area contributed by atoms with E-state index in [1.54, 1.807) is 20.3 Å². The highest BCUT2D eigenvalue weighted by Crippen LogP contribution is 2.29. The molecule has 1 amide bonds. The van der Waals surface area contributed by atoms with Gasteiger partial charge in [-0.2, -0.15) is 0 Å². The van der Waals surface area contributed by atoms with E-state index in [0.29, 0.717) is 23.2 Å². The number of hydrogen-bond acceptors (Lipinski definition) is 6. The highest BCUT2D eigenvalue weighted by molar-refractivity contribution is 7.14. The number of methoxy groups -OCH3 is 2. The first kappa shape index (κ1) is 21.4. The van der Waals surface area contributed by atoms with Gasteiger partial charge in [0.1, 0.15) is 5.75 Å². The normalized spacial score (nSPS) is 10.8. The number of aromatic nitrogens is 1. The van der Waals surface area contributed by atoms with Crippen molar-refractivity contribution >= 4 is 28.5 Å². The molecule has 0 aliphatic heterocycles. The summed E-state index contributed by atoms with van der Waals surface area (Å²) in [5, 5.41) is 5.24. The van der Waals surface area contributed by atoms with Gasteiger partial charge >= 0.3 is 0 Å². The maximum atomic E-state index is 12.3. The van der Waals surface area contributed by atoms with Crippen LogP contribution in [0, 0.1) is 0 Å². The van der Waals surface area contributed by atoms with E-state index in [9.17, 15) is 4.79 Å². The second kappa shape index (κ2) is 10.5. The molecule has 0 radical (unpaired) electrons. The number of hydrogen-bond donors (Lipinski definition) is 1. The zero-order valence-corrected chi connectivity index (χ0v) is 18.0. The zero-order valence-electron chi connectivity index (χ0n) is 17.2. The Labute approximate surface area is 180 Å². The van der Waals surface area contributed by atoms with Crippen LogP contribution in [0.15, 0.2) is 53.9 Å². The van der Waals surface area contributed by atoms with Gasteiger partial charge in [0.2, 0.25) is 5.91 Å². The molecule has 7 heteroatoms. The molecule has 2 aromatic carbocycles. The molecule has 0 saturated carbocycles. The Kier molecular flexibility index (Phi) is 7.45. The summed E-state index contributed by atoms with van der Waals surface area (Å²) in [6, 6.07) is 13.2. The molecule has 0 atom stereocenters. The number of benzene rings is 2. The lowest BCUT2D eigenvalue weighted by Crippen LogP contribution is -2.07. The van der Waals surface area contributed by atoms with Crippen LogP contribution in [0.5, 0.6) is 17.2 Å². The largest absolute Gasteiger partial charge is 0.497 e.